The lowest BCUT2D eigenvalue weighted by Crippen LogP contribution is -2.10. The van der Waals surface area contributed by atoms with Crippen LogP contribution < -0.4 is 53.2 Å². The molecule has 0 atom stereocenters. The number of rotatable bonds is 0. The monoisotopic (exact) mass is 1330 g/mol. The molecule has 10 heterocycles. The highest BCUT2D eigenvalue weighted by atomic mass is 14.9. The van der Waals surface area contributed by atoms with Crippen LogP contribution in [-0.4, -0.2) is 65.4 Å². The molecule has 10 aromatic rings. The second-order valence-electron chi connectivity index (χ2n) is 26.9. The minimum atomic E-state index is 1.14. The van der Waals surface area contributed by atoms with Crippen molar-refractivity contribution in [2.75, 3.05) is 119 Å². The van der Waals surface area contributed by atoms with Crippen molar-refractivity contribution in [2.45, 2.75) is 128 Å². The Morgan fingerprint density at radius 3 is 0.300 bits per heavy atom. The fraction of sp³-hybridized carbons (Fsp3) is 0.333. The highest BCUT2D eigenvalue weighted by molar-refractivity contribution is 5.59. The van der Waals surface area contributed by atoms with Gasteiger partial charge >= 0.3 is 0 Å². The maximum Gasteiger partial charge on any atom is 0.0372 e. The third-order valence-corrected chi connectivity index (χ3v) is 19.6. The van der Waals surface area contributed by atoms with Gasteiger partial charge in [0, 0.05) is 122 Å². The molecule has 0 fully saturated rings. The van der Waals surface area contributed by atoms with Crippen LogP contribution in [0.2, 0.25) is 0 Å². The number of nitrogens with one attached hydrogen (secondary N) is 10. The summed E-state index contributed by atoms with van der Waals surface area (Å²) in [6.07, 6.45) is 25.1. The molecule has 0 spiro atoms. The summed E-state index contributed by atoms with van der Waals surface area (Å²) in [5.41, 5.74) is 27.9. The molecule has 0 saturated heterocycles. The summed E-state index contributed by atoms with van der Waals surface area (Å²) in [5.74, 6) is 0. The van der Waals surface area contributed by atoms with Crippen molar-refractivity contribution in [3.63, 3.8) is 0 Å². The first-order valence-corrected chi connectivity index (χ1v) is 37.8. The van der Waals surface area contributed by atoms with Crippen LogP contribution >= 0.6 is 0 Å². The van der Waals surface area contributed by atoms with Gasteiger partial charge in [0.2, 0.25) is 0 Å². The summed E-state index contributed by atoms with van der Waals surface area (Å²) in [6, 6.07) is 85.3. The molecule has 0 saturated carbocycles. The number of benzene rings is 10. The number of anilines is 10. The Kier molecular flexibility index (Phi) is 29.3. The van der Waals surface area contributed by atoms with Gasteiger partial charge < -0.3 is 53.2 Å². The zero-order valence-corrected chi connectivity index (χ0v) is 59.3. The van der Waals surface area contributed by atoms with E-state index in [2.05, 4.69) is 296 Å². The average molecular weight is 1330 g/mol. The molecule has 10 aliphatic heterocycles. The van der Waals surface area contributed by atoms with Crippen LogP contribution in [0.1, 0.15) is 120 Å². The number of aryl methyl sites for hydroxylation is 10. The molecule has 0 aromatic heterocycles. The summed E-state index contributed by atoms with van der Waals surface area (Å²) < 4.78 is 0. The lowest BCUT2D eigenvalue weighted by Gasteiger charge is -2.16. The van der Waals surface area contributed by atoms with E-state index in [1.54, 1.807) is 0 Å². The van der Waals surface area contributed by atoms with E-state index >= 15 is 0 Å². The molecule has 10 aliphatic rings. The van der Waals surface area contributed by atoms with E-state index in [1.165, 1.54) is 241 Å². The first-order valence-electron chi connectivity index (χ1n) is 37.8. The lowest BCUT2D eigenvalue weighted by atomic mass is 10.0. The molecule has 10 nitrogen and oxygen atoms in total. The van der Waals surface area contributed by atoms with E-state index in [1.807, 2.05) is 0 Å². The van der Waals surface area contributed by atoms with Crippen molar-refractivity contribution < 1.29 is 0 Å². The van der Waals surface area contributed by atoms with Gasteiger partial charge in [-0.25, -0.2) is 0 Å². The Labute approximate surface area is 598 Å². The van der Waals surface area contributed by atoms with Gasteiger partial charge in [0.05, 0.1) is 0 Å². The van der Waals surface area contributed by atoms with Gasteiger partial charge in [-0.15, -0.1) is 0 Å². The summed E-state index contributed by atoms with van der Waals surface area (Å²) >= 11 is 0. The van der Waals surface area contributed by atoms with E-state index < -0.39 is 0 Å². The first kappa shape index (κ1) is 71.5. The highest BCUT2D eigenvalue weighted by Gasteiger charge is 2.12. The summed E-state index contributed by atoms with van der Waals surface area (Å²) in [6.45, 7) is 11.4. The van der Waals surface area contributed by atoms with Crippen LogP contribution in [0.4, 0.5) is 56.9 Å². The van der Waals surface area contributed by atoms with Crippen LogP contribution in [0.5, 0.6) is 0 Å². The van der Waals surface area contributed by atoms with Crippen molar-refractivity contribution in [2.24, 2.45) is 0 Å². The van der Waals surface area contributed by atoms with Crippen molar-refractivity contribution in [3.05, 3.63) is 298 Å². The number of hydrogen-bond donors (Lipinski definition) is 10. The third-order valence-electron chi connectivity index (χ3n) is 19.6. The molecular weight excluding hydrogens is 1220 g/mol. The summed E-state index contributed by atoms with van der Waals surface area (Å²) in [4.78, 5) is 0. The Bertz CT molecular complexity index is 2900. The second kappa shape index (κ2) is 40.9. The molecular formula is C90H110N10. The smallest absolute Gasteiger partial charge is 0.0372 e. The van der Waals surface area contributed by atoms with Crippen molar-refractivity contribution in [1.29, 1.82) is 0 Å². The quantitative estimate of drug-likeness (QED) is 0.0719. The van der Waals surface area contributed by atoms with Gasteiger partial charge in [-0.05, 0) is 245 Å². The summed E-state index contributed by atoms with van der Waals surface area (Å²) in [7, 11) is 0. The fourth-order valence-electron chi connectivity index (χ4n) is 14.1. The van der Waals surface area contributed by atoms with E-state index in [0.29, 0.717) is 0 Å². The zero-order chi connectivity index (χ0) is 68.1. The van der Waals surface area contributed by atoms with Crippen LogP contribution in [0.25, 0.3) is 0 Å². The first-order chi connectivity index (χ1) is 49.7. The van der Waals surface area contributed by atoms with E-state index in [9.17, 15) is 0 Å². The molecule has 0 amide bonds. The SMILES string of the molecule is c1ccc2c(c1)CCCN2.c1ccc2c(c1)CCCN2.c1ccc2c(c1)CCCN2.c1ccc2c(c1)CCCN2.c1ccc2c(c1)CCCN2.c1ccc2c(c1)CCCN2.c1ccc2c(c1)CCCN2.c1ccc2c(c1)CCCN2.c1ccc2c(c1)CCCN2.c1ccc2c(c1)CCCN2. The van der Waals surface area contributed by atoms with Gasteiger partial charge in [0.1, 0.15) is 0 Å². The summed E-state index contributed by atoms with van der Waals surface area (Å²) in [5, 5.41) is 33.6. The second-order valence-corrected chi connectivity index (χ2v) is 26.9. The lowest BCUT2D eigenvalue weighted by molar-refractivity contribution is 0.830. The van der Waals surface area contributed by atoms with Gasteiger partial charge in [-0.3, -0.25) is 0 Å². The molecule has 0 radical (unpaired) electrons. The minimum Gasteiger partial charge on any atom is -0.385 e. The average Bonchev–Trinajstić information content (AvgIpc) is 3.60. The molecule has 520 valence electrons. The van der Waals surface area contributed by atoms with Gasteiger partial charge in [0.25, 0.3) is 0 Å². The van der Waals surface area contributed by atoms with E-state index in [-0.39, 0.29) is 0 Å². The molecule has 10 heteroatoms. The number of para-hydroxylation sites is 10. The minimum absolute atomic E-state index is 1.14. The predicted octanol–water partition coefficient (Wildman–Crippen LogP) is 20.4. The van der Waals surface area contributed by atoms with Crippen molar-refractivity contribution >= 4 is 56.9 Å². The highest BCUT2D eigenvalue weighted by Crippen LogP contribution is 2.28. The predicted molar refractivity (Wildman–Crippen MR) is 433 cm³/mol. The largest absolute Gasteiger partial charge is 0.385 e. The number of hydrogen-bond acceptors (Lipinski definition) is 10. The topological polar surface area (TPSA) is 120 Å². The van der Waals surface area contributed by atoms with Crippen LogP contribution in [0.3, 0.4) is 0 Å². The van der Waals surface area contributed by atoms with E-state index in [0.717, 1.165) is 65.4 Å². The van der Waals surface area contributed by atoms with Crippen LogP contribution in [0.15, 0.2) is 243 Å². The zero-order valence-electron chi connectivity index (χ0n) is 59.3. The van der Waals surface area contributed by atoms with E-state index in [4.69, 9.17) is 0 Å². The Morgan fingerprint density at radius 1 is 0.120 bits per heavy atom. The molecule has 0 unspecified atom stereocenters. The molecule has 100 heavy (non-hydrogen) atoms. The third kappa shape index (κ3) is 23.2. The molecule has 10 aromatic carbocycles. The molecule has 0 bridgehead atoms. The Hall–Kier alpha value is -9.80. The molecule has 0 aliphatic carbocycles. The molecule has 10 N–H and O–H groups in total. The fourth-order valence-corrected chi connectivity index (χ4v) is 14.1. The standard InChI is InChI=1S/10C9H11N/c10*1-2-6-9-8(4-1)5-3-7-10-9/h10*1-2,4,6,10H,3,5,7H2. The van der Waals surface area contributed by atoms with Gasteiger partial charge in [0.15, 0.2) is 0 Å². The van der Waals surface area contributed by atoms with Crippen LogP contribution in [-0.2, 0) is 64.2 Å². The Balaban J connectivity index is 0.000000112. The Morgan fingerprint density at radius 2 is 0.210 bits per heavy atom. The van der Waals surface area contributed by atoms with Gasteiger partial charge in [-0.2, -0.15) is 0 Å². The maximum absolute atomic E-state index is 3.36. The molecule has 20 rings (SSSR count). The van der Waals surface area contributed by atoms with Gasteiger partial charge in [-0.1, -0.05) is 182 Å². The van der Waals surface area contributed by atoms with Crippen LogP contribution in [0, 0.1) is 0 Å². The normalized spacial score (nSPS) is 15.6. The number of fused-ring (bicyclic) bond motifs is 10. The van der Waals surface area contributed by atoms with Crippen molar-refractivity contribution in [1.82, 2.24) is 0 Å². The maximum atomic E-state index is 3.36. The van der Waals surface area contributed by atoms with Crippen molar-refractivity contribution in [3.8, 4) is 0 Å².